The topological polar surface area (TPSA) is 82.9 Å². The van der Waals surface area contributed by atoms with Crippen LogP contribution in [0.15, 0.2) is 47.1 Å². The summed E-state index contributed by atoms with van der Waals surface area (Å²) >= 11 is 1.61. The lowest BCUT2D eigenvalue weighted by Gasteiger charge is -2.35. The Labute approximate surface area is 160 Å². The van der Waals surface area contributed by atoms with E-state index in [0.29, 0.717) is 36.0 Å². The number of nitrogens with zero attached hydrogens (tertiary/aromatic N) is 2. The van der Waals surface area contributed by atoms with Gasteiger partial charge in [0.1, 0.15) is 18.3 Å². The van der Waals surface area contributed by atoms with Gasteiger partial charge in [0.2, 0.25) is 11.8 Å². The zero-order valence-corrected chi connectivity index (χ0v) is 15.4. The van der Waals surface area contributed by atoms with Crippen LogP contribution in [-0.2, 0) is 22.7 Å². The van der Waals surface area contributed by atoms with E-state index in [1.165, 1.54) is 0 Å². The second-order valence-corrected chi connectivity index (χ2v) is 7.53. The molecule has 1 aromatic heterocycles. The Hall–Kier alpha value is -2.74. The Balaban J connectivity index is 1.37. The molecule has 0 bridgehead atoms. The number of carbonyl (C=O) groups excluding carboxylic acids is 3. The number of carbonyl (C=O) groups is 3. The first kappa shape index (κ1) is 17.7. The molecule has 2 fully saturated rings. The minimum absolute atomic E-state index is 0.000123. The van der Waals surface area contributed by atoms with Gasteiger partial charge in [-0.25, -0.2) is 0 Å². The van der Waals surface area contributed by atoms with Crippen LogP contribution in [-0.4, -0.2) is 51.7 Å². The zero-order valence-electron chi connectivity index (χ0n) is 14.6. The van der Waals surface area contributed by atoms with Gasteiger partial charge in [-0.3, -0.25) is 14.4 Å². The number of piperazine rings is 1. The summed E-state index contributed by atoms with van der Waals surface area (Å²) in [4.78, 5) is 40.2. The van der Waals surface area contributed by atoms with Crippen molar-refractivity contribution in [1.29, 1.82) is 0 Å². The molecule has 140 valence electrons. The lowest BCUT2D eigenvalue weighted by Crippen LogP contribution is -2.57. The Bertz CT molecular complexity index is 850. The Morgan fingerprint density at radius 2 is 2.04 bits per heavy atom. The summed E-state index contributed by atoms with van der Waals surface area (Å²) in [5.41, 5.74) is 1.42. The quantitative estimate of drug-likeness (QED) is 0.842. The molecule has 3 heterocycles. The van der Waals surface area contributed by atoms with E-state index in [2.05, 4.69) is 5.32 Å². The predicted molar refractivity (Wildman–Crippen MR) is 99.7 cm³/mol. The Kier molecular flexibility index (Phi) is 4.89. The molecule has 0 spiro atoms. The van der Waals surface area contributed by atoms with Crippen LogP contribution in [0, 0.1) is 0 Å². The Morgan fingerprint density at radius 1 is 1.22 bits per heavy atom. The summed E-state index contributed by atoms with van der Waals surface area (Å²) in [7, 11) is 0. The highest BCUT2D eigenvalue weighted by atomic mass is 32.2. The van der Waals surface area contributed by atoms with Gasteiger partial charge in [0.25, 0.3) is 5.91 Å². The first-order chi connectivity index (χ1) is 13.1. The molecule has 0 aliphatic carbocycles. The molecule has 27 heavy (non-hydrogen) atoms. The molecule has 0 saturated carbocycles. The van der Waals surface area contributed by atoms with Crippen LogP contribution in [0.1, 0.15) is 21.7 Å². The third kappa shape index (κ3) is 3.71. The van der Waals surface area contributed by atoms with E-state index in [0.717, 1.165) is 5.56 Å². The van der Waals surface area contributed by atoms with Crippen molar-refractivity contribution < 1.29 is 18.8 Å². The van der Waals surface area contributed by atoms with Crippen LogP contribution in [0.2, 0.25) is 0 Å². The average Bonchev–Trinajstić information content (AvgIpc) is 3.36. The molecule has 3 amide bonds. The lowest BCUT2D eigenvalue weighted by atomic mass is 10.1. The molecular formula is C19H19N3O4S. The van der Waals surface area contributed by atoms with Crippen molar-refractivity contribution >= 4 is 29.5 Å². The van der Waals surface area contributed by atoms with Gasteiger partial charge < -0.3 is 19.5 Å². The van der Waals surface area contributed by atoms with E-state index >= 15 is 0 Å². The molecule has 1 unspecified atom stereocenters. The SMILES string of the molecule is O=C(NCc1ccco1)c1ccc(CN2CC(=O)N3CSCC3C2=O)cc1. The summed E-state index contributed by atoms with van der Waals surface area (Å²) in [6.07, 6.45) is 1.56. The fourth-order valence-electron chi connectivity index (χ4n) is 3.23. The second-order valence-electron chi connectivity index (χ2n) is 6.53. The summed E-state index contributed by atoms with van der Waals surface area (Å²) in [6, 6.07) is 10.3. The van der Waals surface area contributed by atoms with Crippen molar-refractivity contribution in [2.75, 3.05) is 18.2 Å². The first-order valence-corrected chi connectivity index (χ1v) is 9.83. The summed E-state index contributed by atoms with van der Waals surface area (Å²) in [6.45, 7) is 0.809. The minimum Gasteiger partial charge on any atom is -0.467 e. The molecule has 1 atom stereocenters. The molecule has 4 rings (SSSR count). The van der Waals surface area contributed by atoms with Gasteiger partial charge in [-0.1, -0.05) is 12.1 Å². The highest BCUT2D eigenvalue weighted by molar-refractivity contribution is 7.99. The molecular weight excluding hydrogens is 366 g/mol. The monoisotopic (exact) mass is 385 g/mol. The highest BCUT2D eigenvalue weighted by Crippen LogP contribution is 2.26. The predicted octanol–water partition coefficient (Wildman–Crippen LogP) is 1.45. The molecule has 8 heteroatoms. The molecule has 1 N–H and O–H groups in total. The maximum absolute atomic E-state index is 12.6. The largest absolute Gasteiger partial charge is 0.467 e. The molecule has 7 nitrogen and oxygen atoms in total. The van der Waals surface area contributed by atoms with E-state index < -0.39 is 0 Å². The number of fused-ring (bicyclic) bond motifs is 1. The maximum Gasteiger partial charge on any atom is 0.251 e. The van der Waals surface area contributed by atoms with Crippen LogP contribution >= 0.6 is 11.8 Å². The van der Waals surface area contributed by atoms with E-state index in [1.807, 2.05) is 12.1 Å². The second kappa shape index (κ2) is 7.48. The van der Waals surface area contributed by atoms with Crippen molar-refractivity contribution in [3.05, 3.63) is 59.5 Å². The van der Waals surface area contributed by atoms with Gasteiger partial charge in [0.15, 0.2) is 0 Å². The van der Waals surface area contributed by atoms with Crippen molar-refractivity contribution in [2.45, 2.75) is 19.1 Å². The van der Waals surface area contributed by atoms with Crippen LogP contribution in [0.25, 0.3) is 0 Å². The van der Waals surface area contributed by atoms with Gasteiger partial charge in [0.05, 0.1) is 18.7 Å². The smallest absolute Gasteiger partial charge is 0.251 e. The molecule has 2 aliphatic rings. The van der Waals surface area contributed by atoms with Crippen LogP contribution in [0.3, 0.4) is 0 Å². The number of nitrogens with one attached hydrogen (secondary N) is 1. The standard InChI is InChI=1S/C19H19N3O4S/c23-17-10-21(19(25)16-11-27-12-22(16)17)9-13-3-5-14(6-4-13)18(24)20-8-15-2-1-7-26-15/h1-7,16H,8-12H2,(H,20,24). The number of rotatable bonds is 5. The third-order valence-electron chi connectivity index (χ3n) is 4.72. The van der Waals surface area contributed by atoms with E-state index in [4.69, 9.17) is 4.42 Å². The Morgan fingerprint density at radius 3 is 2.78 bits per heavy atom. The minimum atomic E-state index is -0.331. The third-order valence-corrected chi connectivity index (χ3v) is 5.73. The van der Waals surface area contributed by atoms with E-state index in [1.54, 1.807) is 52.1 Å². The number of amides is 3. The number of hydrogen-bond acceptors (Lipinski definition) is 5. The average molecular weight is 385 g/mol. The van der Waals surface area contributed by atoms with Crippen LogP contribution in [0.4, 0.5) is 0 Å². The molecule has 2 aliphatic heterocycles. The zero-order chi connectivity index (χ0) is 18.8. The van der Waals surface area contributed by atoms with Crippen LogP contribution in [0.5, 0.6) is 0 Å². The van der Waals surface area contributed by atoms with Gasteiger partial charge in [-0.2, -0.15) is 0 Å². The molecule has 2 aromatic rings. The van der Waals surface area contributed by atoms with Gasteiger partial charge in [-0.15, -0.1) is 11.8 Å². The fraction of sp³-hybridized carbons (Fsp3) is 0.316. The first-order valence-electron chi connectivity index (χ1n) is 8.67. The number of thioether (sulfide) groups is 1. The van der Waals surface area contributed by atoms with Gasteiger partial charge in [-0.05, 0) is 29.8 Å². The van der Waals surface area contributed by atoms with Gasteiger partial charge in [0, 0.05) is 17.9 Å². The summed E-state index contributed by atoms with van der Waals surface area (Å²) in [5.74, 6) is 1.76. The maximum atomic E-state index is 12.6. The molecule has 2 saturated heterocycles. The van der Waals surface area contributed by atoms with Crippen molar-refractivity contribution in [2.24, 2.45) is 0 Å². The summed E-state index contributed by atoms with van der Waals surface area (Å²) in [5, 5.41) is 2.79. The summed E-state index contributed by atoms with van der Waals surface area (Å²) < 4.78 is 5.19. The molecule has 1 aromatic carbocycles. The fourth-order valence-corrected chi connectivity index (χ4v) is 4.41. The van der Waals surface area contributed by atoms with Crippen molar-refractivity contribution in [1.82, 2.24) is 15.1 Å². The lowest BCUT2D eigenvalue weighted by molar-refractivity contribution is -0.153. The number of hydrogen-bond donors (Lipinski definition) is 1. The normalized spacial score (nSPS) is 19.3. The van der Waals surface area contributed by atoms with Crippen molar-refractivity contribution in [3.8, 4) is 0 Å². The molecule has 0 radical (unpaired) electrons. The van der Waals surface area contributed by atoms with E-state index in [9.17, 15) is 14.4 Å². The van der Waals surface area contributed by atoms with Crippen LogP contribution < -0.4 is 5.32 Å². The number of furan rings is 1. The number of benzene rings is 1. The van der Waals surface area contributed by atoms with Gasteiger partial charge >= 0.3 is 0 Å². The highest BCUT2D eigenvalue weighted by Gasteiger charge is 2.42. The van der Waals surface area contributed by atoms with Crippen molar-refractivity contribution in [3.63, 3.8) is 0 Å². The van der Waals surface area contributed by atoms with E-state index in [-0.39, 0.29) is 30.3 Å².